The van der Waals surface area contributed by atoms with Crippen LogP contribution in [0.3, 0.4) is 0 Å². The molecule has 7 heteroatoms. The smallest absolute Gasteiger partial charge is 0.231 e. The number of ketones is 1. The zero-order chi connectivity index (χ0) is 27.3. The fourth-order valence-electron chi connectivity index (χ4n) is 6.56. The average molecular weight is 612 g/mol. The summed E-state index contributed by atoms with van der Waals surface area (Å²) >= 11 is 0. The van der Waals surface area contributed by atoms with E-state index in [2.05, 4.69) is 71.3 Å². The lowest BCUT2D eigenvalue weighted by Crippen LogP contribution is -2.33. The van der Waals surface area contributed by atoms with Gasteiger partial charge in [0, 0.05) is 38.2 Å². The molecule has 6 rings (SSSR count). The Hall–Kier alpha value is -2.57. The molecule has 3 heterocycles. The minimum Gasteiger partial charge on any atom is -0.454 e. The number of rotatable bonds is 9. The van der Waals surface area contributed by atoms with E-state index in [1.807, 2.05) is 6.07 Å². The molecule has 42 heavy (non-hydrogen) atoms. The van der Waals surface area contributed by atoms with Crippen molar-refractivity contribution in [1.82, 2.24) is 9.80 Å². The van der Waals surface area contributed by atoms with E-state index < -0.39 is 0 Å². The number of piperidine rings is 1. The van der Waals surface area contributed by atoms with Crippen LogP contribution in [-0.4, -0.2) is 48.6 Å². The monoisotopic (exact) mass is 610 g/mol. The van der Waals surface area contributed by atoms with Crippen LogP contribution in [-0.2, 0) is 25.9 Å². The number of aryl methyl sites for hydroxylation is 1. The lowest BCUT2D eigenvalue weighted by Gasteiger charge is -2.32. The number of nitrogens with zero attached hydrogens (tertiary/aromatic N) is 2. The van der Waals surface area contributed by atoms with Gasteiger partial charge >= 0.3 is 0 Å². The summed E-state index contributed by atoms with van der Waals surface area (Å²) in [6.07, 6.45) is 7.35. The van der Waals surface area contributed by atoms with Gasteiger partial charge in [0.1, 0.15) is 0 Å². The maximum atomic E-state index is 13.1. The Morgan fingerprint density at radius 2 is 1.55 bits per heavy atom. The highest BCUT2D eigenvalue weighted by molar-refractivity contribution is 5.96. The van der Waals surface area contributed by atoms with E-state index in [0.29, 0.717) is 19.0 Å². The fraction of sp³-hybridized carbons (Fsp3) is 0.457. The molecule has 0 radical (unpaired) electrons. The molecule has 0 bridgehead atoms. The fourth-order valence-corrected chi connectivity index (χ4v) is 6.56. The lowest BCUT2D eigenvalue weighted by atomic mass is 9.90. The molecule has 0 aliphatic carbocycles. The summed E-state index contributed by atoms with van der Waals surface area (Å²) in [5.74, 6) is 2.75. The highest BCUT2D eigenvalue weighted by Crippen LogP contribution is 2.33. The summed E-state index contributed by atoms with van der Waals surface area (Å²) < 4.78 is 11.0. The highest BCUT2D eigenvalue weighted by Gasteiger charge is 2.21. The van der Waals surface area contributed by atoms with Crippen LogP contribution < -0.4 is 9.47 Å². The summed E-state index contributed by atoms with van der Waals surface area (Å²) in [5.41, 5.74) is 7.73. The highest BCUT2D eigenvalue weighted by atomic mass is 35.5. The molecule has 0 saturated carbocycles. The van der Waals surface area contributed by atoms with Crippen molar-refractivity contribution in [2.45, 2.75) is 65.0 Å². The van der Waals surface area contributed by atoms with Gasteiger partial charge in [-0.05, 0) is 110 Å². The van der Waals surface area contributed by atoms with Crippen molar-refractivity contribution in [3.63, 3.8) is 0 Å². The van der Waals surface area contributed by atoms with Crippen LogP contribution in [0.5, 0.6) is 11.5 Å². The van der Waals surface area contributed by atoms with Crippen molar-refractivity contribution in [3.8, 4) is 11.5 Å². The Bertz CT molecular complexity index is 1340. The van der Waals surface area contributed by atoms with Crippen LogP contribution in [0, 0.1) is 12.8 Å². The maximum absolute atomic E-state index is 13.1. The van der Waals surface area contributed by atoms with Gasteiger partial charge in [-0.25, -0.2) is 0 Å². The number of fused-ring (bicyclic) bond motifs is 2. The number of hydrogen-bond donors (Lipinski definition) is 0. The van der Waals surface area contributed by atoms with Gasteiger partial charge in [0.25, 0.3) is 0 Å². The van der Waals surface area contributed by atoms with E-state index >= 15 is 0 Å². The molecule has 5 nitrogen and oxygen atoms in total. The van der Waals surface area contributed by atoms with E-state index in [9.17, 15) is 4.79 Å². The minimum atomic E-state index is 0. The van der Waals surface area contributed by atoms with E-state index in [0.717, 1.165) is 68.4 Å². The van der Waals surface area contributed by atoms with Crippen molar-refractivity contribution in [2.24, 2.45) is 5.92 Å². The Kier molecular flexibility index (Phi) is 11.7. The van der Waals surface area contributed by atoms with Crippen molar-refractivity contribution < 1.29 is 14.3 Å². The molecule has 0 spiro atoms. The summed E-state index contributed by atoms with van der Waals surface area (Å²) in [5, 5.41) is 0. The molecule has 0 aromatic heterocycles. The largest absolute Gasteiger partial charge is 0.454 e. The number of benzene rings is 3. The Morgan fingerprint density at radius 3 is 2.36 bits per heavy atom. The predicted molar refractivity (Wildman–Crippen MR) is 174 cm³/mol. The molecule has 1 fully saturated rings. The summed E-state index contributed by atoms with van der Waals surface area (Å²) in [4.78, 5) is 18.2. The number of carbonyl (C=O) groups excluding carboxylic acids is 1. The van der Waals surface area contributed by atoms with Crippen LogP contribution in [0.15, 0.2) is 60.7 Å². The van der Waals surface area contributed by atoms with Crippen molar-refractivity contribution in [2.75, 3.05) is 33.0 Å². The SMILES string of the molecule is Cc1ccccc1CN1CCC(CCCC(=O)c2ccc3c(c2)CCN(Cc2ccc4c(c2)OCO4)CC3)CC1.Cl.Cl. The summed E-state index contributed by atoms with van der Waals surface area (Å²) in [6, 6.07) is 21.4. The molecule has 3 aliphatic heterocycles. The third-order valence-electron chi connectivity index (χ3n) is 9.14. The molecule has 3 aliphatic rings. The van der Waals surface area contributed by atoms with E-state index in [1.54, 1.807) is 0 Å². The van der Waals surface area contributed by atoms with E-state index in [-0.39, 0.29) is 24.8 Å². The molecule has 3 aromatic carbocycles. The third kappa shape index (κ3) is 8.08. The van der Waals surface area contributed by atoms with Gasteiger partial charge in [-0.1, -0.05) is 42.5 Å². The molecule has 226 valence electrons. The van der Waals surface area contributed by atoms with Crippen molar-refractivity contribution >= 4 is 30.6 Å². The first-order valence-electron chi connectivity index (χ1n) is 15.1. The van der Waals surface area contributed by atoms with Gasteiger partial charge in [0.2, 0.25) is 6.79 Å². The minimum absolute atomic E-state index is 0. The normalized spacial score (nSPS) is 17.1. The molecular weight excluding hydrogens is 567 g/mol. The number of carbonyl (C=O) groups is 1. The predicted octanol–water partition coefficient (Wildman–Crippen LogP) is 7.43. The van der Waals surface area contributed by atoms with Gasteiger partial charge in [-0.2, -0.15) is 0 Å². The second-order valence-corrected chi connectivity index (χ2v) is 11.9. The second-order valence-electron chi connectivity index (χ2n) is 11.9. The number of Topliss-reactive ketones (excluding diaryl/α,β-unsaturated/α-hetero) is 1. The summed E-state index contributed by atoms with van der Waals surface area (Å²) in [6.45, 7) is 8.86. The van der Waals surface area contributed by atoms with Crippen LogP contribution in [0.4, 0.5) is 0 Å². The summed E-state index contributed by atoms with van der Waals surface area (Å²) in [7, 11) is 0. The molecule has 3 aromatic rings. The van der Waals surface area contributed by atoms with Gasteiger partial charge in [0.05, 0.1) is 0 Å². The van der Waals surface area contributed by atoms with Crippen LogP contribution in [0.2, 0.25) is 0 Å². The first-order valence-corrected chi connectivity index (χ1v) is 15.1. The molecule has 1 saturated heterocycles. The molecule has 0 atom stereocenters. The molecule has 0 N–H and O–H groups in total. The lowest BCUT2D eigenvalue weighted by molar-refractivity contribution is 0.0974. The standard InChI is InChI=1S/C35H42N2O3.2ClH/c1-26-5-2-3-7-32(26)24-37-17-13-27(14-18-37)6-4-8-33(38)31-11-10-29-15-19-36(20-16-30(29)22-31)23-28-9-12-34-35(21-28)40-25-39-34;;/h2-3,5,7,9-12,21-22,27H,4,6,8,13-20,23-25H2,1H3;2*1H. The quantitative estimate of drug-likeness (QED) is 0.236. The molecule has 0 amide bonds. The van der Waals surface area contributed by atoms with E-state index in [4.69, 9.17) is 9.47 Å². The number of ether oxygens (including phenoxy) is 2. The second kappa shape index (κ2) is 15.2. The number of hydrogen-bond acceptors (Lipinski definition) is 5. The van der Waals surface area contributed by atoms with Crippen LogP contribution in [0.25, 0.3) is 0 Å². The first-order chi connectivity index (χ1) is 19.6. The Labute approximate surface area is 263 Å². The molecule has 0 unspecified atom stereocenters. The average Bonchev–Trinajstić information content (AvgIpc) is 3.35. The van der Waals surface area contributed by atoms with E-state index in [1.165, 1.54) is 60.2 Å². The first kappa shape index (κ1) is 32.3. The molecular formula is C35H44Cl2N2O3. The van der Waals surface area contributed by atoms with Gasteiger partial charge in [0.15, 0.2) is 17.3 Å². The van der Waals surface area contributed by atoms with Crippen molar-refractivity contribution in [1.29, 1.82) is 0 Å². The van der Waals surface area contributed by atoms with Crippen LogP contribution in [0.1, 0.15) is 70.3 Å². The van der Waals surface area contributed by atoms with Gasteiger partial charge < -0.3 is 9.47 Å². The number of likely N-dealkylation sites (tertiary alicyclic amines) is 1. The van der Waals surface area contributed by atoms with Crippen LogP contribution >= 0.6 is 24.8 Å². The zero-order valence-electron chi connectivity index (χ0n) is 24.7. The van der Waals surface area contributed by atoms with Gasteiger partial charge in [-0.15, -0.1) is 24.8 Å². The maximum Gasteiger partial charge on any atom is 0.231 e. The topological polar surface area (TPSA) is 42.0 Å². The Balaban J connectivity index is 0.00000202. The number of halogens is 2. The third-order valence-corrected chi connectivity index (χ3v) is 9.14. The zero-order valence-corrected chi connectivity index (χ0v) is 26.3. The Morgan fingerprint density at radius 1 is 0.810 bits per heavy atom. The van der Waals surface area contributed by atoms with Gasteiger partial charge in [-0.3, -0.25) is 14.6 Å². The van der Waals surface area contributed by atoms with Crippen molar-refractivity contribution in [3.05, 3.63) is 94.0 Å².